The smallest absolute Gasteiger partial charge is 0.262 e. The fourth-order valence-corrected chi connectivity index (χ4v) is 4.16. The van der Waals surface area contributed by atoms with Crippen LogP contribution in [0, 0.1) is 5.92 Å². The fraction of sp³-hybridized carbons (Fsp3) is 0.200. The van der Waals surface area contributed by atoms with E-state index in [1.54, 1.807) is 24.4 Å². The second-order valence-electron chi connectivity index (χ2n) is 5.21. The fourth-order valence-electron chi connectivity index (χ4n) is 2.08. The molecule has 1 aliphatic rings. The molecule has 8 heteroatoms. The van der Waals surface area contributed by atoms with E-state index >= 15 is 0 Å². The van der Waals surface area contributed by atoms with Crippen LogP contribution in [0.1, 0.15) is 6.92 Å². The molecule has 6 nitrogen and oxygen atoms in total. The van der Waals surface area contributed by atoms with Crippen LogP contribution in [0.25, 0.3) is 0 Å². The van der Waals surface area contributed by atoms with E-state index in [0.717, 1.165) is 4.90 Å². The van der Waals surface area contributed by atoms with Crippen molar-refractivity contribution >= 4 is 39.1 Å². The van der Waals surface area contributed by atoms with Gasteiger partial charge in [0.25, 0.3) is 10.0 Å². The van der Waals surface area contributed by atoms with E-state index in [0.29, 0.717) is 17.1 Å². The zero-order valence-electron chi connectivity index (χ0n) is 12.3. The summed E-state index contributed by atoms with van der Waals surface area (Å²) in [6.45, 7) is 1.84. The Hall–Kier alpha value is -2.06. The van der Waals surface area contributed by atoms with Gasteiger partial charge in [-0.15, -0.1) is 11.8 Å². The quantitative estimate of drug-likeness (QED) is 0.889. The summed E-state index contributed by atoms with van der Waals surface area (Å²) in [7, 11) is -3.74. The van der Waals surface area contributed by atoms with E-state index in [1.807, 2.05) is 6.92 Å². The van der Waals surface area contributed by atoms with Gasteiger partial charge in [-0.3, -0.25) is 14.5 Å². The number of aromatic nitrogens is 1. The Morgan fingerprint density at radius 1 is 1.35 bits per heavy atom. The van der Waals surface area contributed by atoms with Crippen molar-refractivity contribution in [3.8, 4) is 0 Å². The largest absolute Gasteiger partial charge is 0.325 e. The number of fused-ring (bicyclic) bond motifs is 1. The zero-order chi connectivity index (χ0) is 16.4. The molecule has 1 atom stereocenters. The average molecular weight is 349 g/mol. The highest BCUT2D eigenvalue weighted by Crippen LogP contribution is 2.34. The molecule has 2 N–H and O–H groups in total. The molecule has 0 fully saturated rings. The lowest BCUT2D eigenvalue weighted by Gasteiger charge is -2.11. The van der Waals surface area contributed by atoms with E-state index < -0.39 is 10.0 Å². The minimum atomic E-state index is -3.74. The van der Waals surface area contributed by atoms with Crippen LogP contribution in [-0.4, -0.2) is 25.1 Å². The Morgan fingerprint density at radius 3 is 2.91 bits per heavy atom. The number of hydrogen-bond acceptors (Lipinski definition) is 5. The van der Waals surface area contributed by atoms with E-state index in [2.05, 4.69) is 15.0 Å². The number of nitrogens with zero attached hydrogens (tertiary/aromatic N) is 1. The van der Waals surface area contributed by atoms with E-state index in [1.165, 1.54) is 30.1 Å². The van der Waals surface area contributed by atoms with Crippen LogP contribution in [0.4, 0.5) is 11.4 Å². The number of carbonyl (C=O) groups is 1. The van der Waals surface area contributed by atoms with Crippen molar-refractivity contribution < 1.29 is 13.2 Å². The molecule has 0 saturated heterocycles. The Labute approximate surface area is 138 Å². The number of carbonyl (C=O) groups excluding carboxylic acids is 1. The van der Waals surface area contributed by atoms with Crippen molar-refractivity contribution in [3.05, 3.63) is 42.7 Å². The van der Waals surface area contributed by atoms with Crippen LogP contribution in [0.2, 0.25) is 0 Å². The van der Waals surface area contributed by atoms with Gasteiger partial charge in [0.1, 0.15) is 0 Å². The van der Waals surface area contributed by atoms with Crippen LogP contribution in [-0.2, 0) is 14.8 Å². The summed E-state index contributed by atoms with van der Waals surface area (Å²) in [5, 5.41) is 2.78. The highest BCUT2D eigenvalue weighted by atomic mass is 32.2. The van der Waals surface area contributed by atoms with Crippen molar-refractivity contribution in [3.63, 3.8) is 0 Å². The minimum Gasteiger partial charge on any atom is -0.325 e. The summed E-state index contributed by atoms with van der Waals surface area (Å²) < 4.78 is 27.4. The molecule has 2 aromatic rings. The maximum Gasteiger partial charge on any atom is 0.262 e. The van der Waals surface area contributed by atoms with Crippen molar-refractivity contribution in [1.82, 2.24) is 4.98 Å². The van der Waals surface area contributed by atoms with E-state index in [-0.39, 0.29) is 16.7 Å². The van der Waals surface area contributed by atoms with Gasteiger partial charge in [-0.2, -0.15) is 0 Å². The third-order valence-corrected chi connectivity index (χ3v) is 6.08. The number of benzene rings is 1. The second-order valence-corrected chi connectivity index (χ2v) is 7.95. The molecule has 0 radical (unpaired) electrons. The number of sulfonamides is 1. The number of nitrogens with one attached hydrogen (secondary N) is 2. The zero-order valence-corrected chi connectivity index (χ0v) is 13.9. The van der Waals surface area contributed by atoms with Crippen LogP contribution in [0.15, 0.2) is 52.5 Å². The molecule has 0 spiro atoms. The third kappa shape index (κ3) is 3.48. The molecule has 0 bridgehead atoms. The molecule has 3 rings (SSSR count). The first-order valence-corrected chi connectivity index (χ1v) is 9.43. The predicted molar refractivity (Wildman–Crippen MR) is 90.0 cm³/mol. The molecule has 2 heterocycles. The second kappa shape index (κ2) is 6.21. The monoisotopic (exact) mass is 349 g/mol. The standard InChI is InChI=1S/C15H15N3O3S2/c1-10-9-22-14-5-4-12(7-13(14)17-15(10)19)23(20,21)18-11-3-2-6-16-8-11/h2-8,10,18H,9H2,1H3,(H,17,19). The van der Waals surface area contributed by atoms with Crippen molar-refractivity contribution in [2.75, 3.05) is 15.8 Å². The van der Waals surface area contributed by atoms with Crippen LogP contribution in [0.5, 0.6) is 0 Å². The van der Waals surface area contributed by atoms with Gasteiger partial charge in [0.2, 0.25) is 5.91 Å². The SMILES string of the molecule is CC1CSc2ccc(S(=O)(=O)Nc3cccnc3)cc2NC1=O. The lowest BCUT2D eigenvalue weighted by Crippen LogP contribution is -2.20. The van der Waals surface area contributed by atoms with E-state index in [4.69, 9.17) is 0 Å². The van der Waals surface area contributed by atoms with E-state index in [9.17, 15) is 13.2 Å². The Kier molecular flexibility index (Phi) is 4.27. The molecule has 1 aliphatic heterocycles. The number of anilines is 2. The Bertz CT molecular complexity index is 838. The predicted octanol–water partition coefficient (Wildman–Crippen LogP) is 2.56. The molecular weight excluding hydrogens is 334 g/mol. The highest BCUT2D eigenvalue weighted by molar-refractivity contribution is 7.99. The van der Waals surface area contributed by atoms with Crippen LogP contribution >= 0.6 is 11.8 Å². The molecule has 1 aromatic heterocycles. The molecule has 0 saturated carbocycles. The van der Waals surface area contributed by atoms with Gasteiger partial charge in [-0.25, -0.2) is 8.42 Å². The first-order chi connectivity index (χ1) is 11.0. The Balaban J connectivity index is 1.92. The van der Waals surface area contributed by atoms with Crippen LogP contribution in [0.3, 0.4) is 0 Å². The highest BCUT2D eigenvalue weighted by Gasteiger charge is 2.22. The van der Waals surface area contributed by atoms with Gasteiger partial charge < -0.3 is 5.32 Å². The van der Waals surface area contributed by atoms with Crippen molar-refractivity contribution in [2.24, 2.45) is 5.92 Å². The normalized spacial score (nSPS) is 17.8. The van der Waals surface area contributed by atoms with Gasteiger partial charge in [-0.1, -0.05) is 6.92 Å². The average Bonchev–Trinajstić information content (AvgIpc) is 2.67. The third-order valence-electron chi connectivity index (χ3n) is 3.37. The summed E-state index contributed by atoms with van der Waals surface area (Å²) in [5.41, 5.74) is 0.910. The number of amides is 1. The molecule has 1 amide bonds. The maximum atomic E-state index is 12.5. The van der Waals surface area contributed by atoms with Gasteiger partial charge in [-0.05, 0) is 30.3 Å². The molecular formula is C15H15N3O3S2. The summed E-state index contributed by atoms with van der Waals surface area (Å²) in [4.78, 5) is 16.8. The number of hydrogen-bond donors (Lipinski definition) is 2. The summed E-state index contributed by atoms with van der Waals surface area (Å²) in [5.74, 6) is 0.436. The lowest BCUT2D eigenvalue weighted by molar-refractivity contribution is -0.118. The topological polar surface area (TPSA) is 88.2 Å². The maximum absolute atomic E-state index is 12.5. The van der Waals surface area contributed by atoms with Gasteiger partial charge in [0.15, 0.2) is 0 Å². The van der Waals surface area contributed by atoms with Gasteiger partial charge >= 0.3 is 0 Å². The van der Waals surface area contributed by atoms with Gasteiger partial charge in [0, 0.05) is 22.8 Å². The van der Waals surface area contributed by atoms with Crippen LogP contribution < -0.4 is 10.0 Å². The number of pyridine rings is 1. The molecule has 1 unspecified atom stereocenters. The summed E-state index contributed by atoms with van der Waals surface area (Å²) >= 11 is 1.54. The molecule has 120 valence electrons. The summed E-state index contributed by atoms with van der Waals surface area (Å²) in [6, 6.07) is 8.00. The number of thioether (sulfide) groups is 1. The Morgan fingerprint density at radius 2 is 2.17 bits per heavy atom. The molecule has 0 aliphatic carbocycles. The first kappa shape index (κ1) is 15.8. The number of rotatable bonds is 3. The molecule has 1 aromatic carbocycles. The molecule has 23 heavy (non-hydrogen) atoms. The van der Waals surface area contributed by atoms with Crippen molar-refractivity contribution in [1.29, 1.82) is 0 Å². The first-order valence-electron chi connectivity index (χ1n) is 6.96. The van der Waals surface area contributed by atoms with Crippen molar-refractivity contribution in [2.45, 2.75) is 16.7 Å². The van der Waals surface area contributed by atoms with Gasteiger partial charge in [0.05, 0.1) is 22.5 Å². The summed E-state index contributed by atoms with van der Waals surface area (Å²) in [6.07, 6.45) is 2.99. The minimum absolute atomic E-state index is 0.0931. The lowest BCUT2D eigenvalue weighted by atomic mass is 10.2.